The summed E-state index contributed by atoms with van der Waals surface area (Å²) in [5.74, 6) is 0. The Hall–Kier alpha value is -0.940. The predicted octanol–water partition coefficient (Wildman–Crippen LogP) is 1.44. The fourth-order valence-electron chi connectivity index (χ4n) is 0.825. The van der Waals surface area contributed by atoms with Gasteiger partial charge in [-0.05, 0) is 12.2 Å². The van der Waals surface area contributed by atoms with Gasteiger partial charge in [-0.2, -0.15) is 5.10 Å². The molecule has 0 saturated carbocycles. The summed E-state index contributed by atoms with van der Waals surface area (Å²) in [6.07, 6.45) is 3.10. The molecule has 0 saturated heterocycles. The molecule has 2 aromatic heterocycles. The van der Waals surface area contributed by atoms with E-state index in [2.05, 4.69) is 15.2 Å². The Labute approximate surface area is 71.8 Å². The number of aromatic nitrogens is 4. The van der Waals surface area contributed by atoms with Crippen LogP contribution in [-0.4, -0.2) is 19.6 Å². The fraction of sp³-hybridized carbons (Fsp3) is 0. The second kappa shape index (κ2) is 2.28. The molecule has 0 aromatic carbocycles. The van der Waals surface area contributed by atoms with Gasteiger partial charge >= 0.3 is 0 Å². The summed E-state index contributed by atoms with van der Waals surface area (Å²) in [6.45, 7) is 0. The van der Waals surface area contributed by atoms with Crippen LogP contribution in [0.25, 0.3) is 5.65 Å². The number of aromatic amines is 1. The summed E-state index contributed by atoms with van der Waals surface area (Å²) in [7, 11) is 0. The number of nitrogens with one attached hydrogen (secondary N) is 1. The highest BCUT2D eigenvalue weighted by atomic mass is 35.5. The number of nitrogens with zero attached hydrogens (tertiary/aromatic N) is 3. The normalized spacial score (nSPS) is 10.6. The van der Waals surface area contributed by atoms with Crippen molar-refractivity contribution in [2.24, 2.45) is 0 Å². The Kier molecular flexibility index (Phi) is 1.40. The van der Waals surface area contributed by atoms with Gasteiger partial charge in [0.2, 0.25) is 4.77 Å². The van der Waals surface area contributed by atoms with E-state index in [0.717, 1.165) is 0 Å². The number of rotatable bonds is 0. The zero-order valence-corrected chi connectivity index (χ0v) is 6.85. The van der Waals surface area contributed by atoms with Crippen molar-refractivity contribution >= 4 is 29.5 Å². The van der Waals surface area contributed by atoms with Crippen molar-refractivity contribution in [1.29, 1.82) is 0 Å². The molecule has 2 aromatic rings. The molecule has 0 fully saturated rings. The lowest BCUT2D eigenvalue weighted by Gasteiger charge is -1.91. The predicted molar refractivity (Wildman–Crippen MR) is 43.2 cm³/mol. The number of hydrogen-bond donors (Lipinski definition) is 1. The Morgan fingerprint density at radius 3 is 3.09 bits per heavy atom. The van der Waals surface area contributed by atoms with Crippen LogP contribution in [-0.2, 0) is 0 Å². The maximum atomic E-state index is 5.78. The van der Waals surface area contributed by atoms with Crippen LogP contribution in [0.4, 0.5) is 0 Å². The summed E-state index contributed by atoms with van der Waals surface area (Å²) >= 11 is 10.7. The average Bonchev–Trinajstić information content (AvgIpc) is 2.34. The Balaban J connectivity index is 3.08. The Morgan fingerprint density at radius 1 is 1.55 bits per heavy atom. The molecular formula is C5H3ClN4S. The van der Waals surface area contributed by atoms with Crippen LogP contribution >= 0.6 is 23.8 Å². The minimum Gasteiger partial charge on any atom is -0.258 e. The van der Waals surface area contributed by atoms with Crippen LogP contribution < -0.4 is 0 Å². The van der Waals surface area contributed by atoms with E-state index >= 15 is 0 Å². The van der Waals surface area contributed by atoms with Crippen molar-refractivity contribution in [2.45, 2.75) is 0 Å². The van der Waals surface area contributed by atoms with E-state index in [0.29, 0.717) is 15.6 Å². The molecule has 2 heterocycles. The lowest BCUT2D eigenvalue weighted by molar-refractivity contribution is 1.07. The van der Waals surface area contributed by atoms with Crippen LogP contribution in [0.1, 0.15) is 0 Å². The third kappa shape index (κ3) is 0.928. The van der Waals surface area contributed by atoms with Gasteiger partial charge in [0.25, 0.3) is 0 Å². The monoisotopic (exact) mass is 186 g/mol. The lowest BCUT2D eigenvalue weighted by atomic mass is 10.7. The summed E-state index contributed by atoms with van der Waals surface area (Å²) in [5, 5.41) is 6.95. The summed E-state index contributed by atoms with van der Waals surface area (Å²) in [4.78, 5) is 3.84. The van der Waals surface area contributed by atoms with Gasteiger partial charge in [-0.25, -0.2) is 0 Å². The highest BCUT2D eigenvalue weighted by Crippen LogP contribution is 2.08. The van der Waals surface area contributed by atoms with Gasteiger partial charge in [0, 0.05) is 0 Å². The summed E-state index contributed by atoms with van der Waals surface area (Å²) in [5.41, 5.74) is 0.627. The van der Waals surface area contributed by atoms with Crippen molar-refractivity contribution in [2.75, 3.05) is 0 Å². The molecule has 6 heteroatoms. The molecule has 0 atom stereocenters. The van der Waals surface area contributed by atoms with Crippen molar-refractivity contribution in [3.63, 3.8) is 0 Å². The first kappa shape index (κ1) is 6.75. The van der Waals surface area contributed by atoms with Crippen molar-refractivity contribution in [3.05, 3.63) is 22.3 Å². The number of hydrogen-bond acceptors (Lipinski definition) is 3. The maximum absolute atomic E-state index is 5.78. The lowest BCUT2D eigenvalue weighted by Crippen LogP contribution is -1.87. The standard InChI is InChI=1S/C5H3ClN4S/c6-3-1-7-2-4-8-9-5(11)10(3)4/h1-2H,(H,9,11). The van der Waals surface area contributed by atoms with E-state index in [9.17, 15) is 0 Å². The zero-order valence-electron chi connectivity index (χ0n) is 5.28. The van der Waals surface area contributed by atoms with Crippen LogP contribution in [0, 0.1) is 4.77 Å². The SMILES string of the molecule is S=c1[nH]nc2cncc(Cl)n12. The van der Waals surface area contributed by atoms with Gasteiger partial charge in [-0.3, -0.25) is 14.5 Å². The van der Waals surface area contributed by atoms with E-state index in [-0.39, 0.29) is 0 Å². The van der Waals surface area contributed by atoms with E-state index in [1.54, 1.807) is 10.6 Å². The van der Waals surface area contributed by atoms with E-state index in [1.165, 1.54) is 6.20 Å². The quantitative estimate of drug-likeness (QED) is 0.634. The molecule has 4 nitrogen and oxygen atoms in total. The minimum atomic E-state index is 0.459. The molecule has 0 unspecified atom stereocenters. The van der Waals surface area contributed by atoms with E-state index < -0.39 is 0 Å². The molecule has 0 amide bonds. The maximum Gasteiger partial charge on any atom is 0.200 e. The summed E-state index contributed by atoms with van der Waals surface area (Å²) in [6, 6.07) is 0. The topological polar surface area (TPSA) is 46.0 Å². The minimum absolute atomic E-state index is 0.459. The molecule has 0 bridgehead atoms. The molecule has 1 N–H and O–H groups in total. The van der Waals surface area contributed by atoms with Gasteiger partial charge < -0.3 is 0 Å². The summed E-state index contributed by atoms with van der Waals surface area (Å²) < 4.78 is 2.08. The molecule has 0 aliphatic rings. The van der Waals surface area contributed by atoms with Crippen molar-refractivity contribution in [3.8, 4) is 0 Å². The van der Waals surface area contributed by atoms with E-state index in [4.69, 9.17) is 23.8 Å². The molecule has 2 rings (SSSR count). The third-order valence-corrected chi connectivity index (χ3v) is 1.82. The van der Waals surface area contributed by atoms with Gasteiger partial charge in [-0.15, -0.1) is 0 Å². The van der Waals surface area contributed by atoms with Gasteiger partial charge in [0.05, 0.1) is 12.4 Å². The van der Waals surface area contributed by atoms with E-state index in [1.807, 2.05) is 0 Å². The largest absolute Gasteiger partial charge is 0.258 e. The van der Waals surface area contributed by atoms with Crippen LogP contribution in [0.5, 0.6) is 0 Å². The number of fused-ring (bicyclic) bond motifs is 1. The van der Waals surface area contributed by atoms with Crippen LogP contribution in [0.3, 0.4) is 0 Å². The molecule has 0 aliphatic heterocycles. The second-order valence-corrected chi connectivity index (χ2v) is 2.73. The first-order chi connectivity index (χ1) is 5.29. The highest BCUT2D eigenvalue weighted by Gasteiger charge is 1.99. The number of halogens is 1. The van der Waals surface area contributed by atoms with Crippen molar-refractivity contribution in [1.82, 2.24) is 19.6 Å². The Bertz CT molecular complexity index is 445. The first-order valence-corrected chi connectivity index (χ1v) is 3.64. The van der Waals surface area contributed by atoms with Crippen LogP contribution in [0.2, 0.25) is 5.15 Å². The number of H-pyrrole nitrogens is 1. The molecule has 0 radical (unpaired) electrons. The molecule has 11 heavy (non-hydrogen) atoms. The van der Waals surface area contributed by atoms with Gasteiger partial charge in [0.15, 0.2) is 5.65 Å². The third-order valence-electron chi connectivity index (χ3n) is 1.28. The van der Waals surface area contributed by atoms with Crippen LogP contribution in [0.15, 0.2) is 12.4 Å². The second-order valence-electron chi connectivity index (χ2n) is 1.95. The van der Waals surface area contributed by atoms with Crippen molar-refractivity contribution < 1.29 is 0 Å². The molecular weight excluding hydrogens is 184 g/mol. The molecule has 0 aliphatic carbocycles. The Morgan fingerprint density at radius 2 is 2.36 bits per heavy atom. The highest BCUT2D eigenvalue weighted by molar-refractivity contribution is 7.71. The average molecular weight is 187 g/mol. The fourth-order valence-corrected chi connectivity index (χ4v) is 1.34. The first-order valence-electron chi connectivity index (χ1n) is 2.85. The van der Waals surface area contributed by atoms with Gasteiger partial charge in [0.1, 0.15) is 5.15 Å². The smallest absolute Gasteiger partial charge is 0.200 e. The molecule has 0 spiro atoms. The van der Waals surface area contributed by atoms with Gasteiger partial charge in [-0.1, -0.05) is 11.6 Å². The molecule has 56 valence electrons. The zero-order chi connectivity index (χ0) is 7.84.